The third kappa shape index (κ3) is 5.76. The van der Waals surface area contributed by atoms with Gasteiger partial charge in [-0.3, -0.25) is 0 Å². The van der Waals surface area contributed by atoms with Crippen LogP contribution in [-0.4, -0.2) is 35.8 Å². The number of methoxy groups -OCH3 is 1. The number of hydrogen-bond donors (Lipinski definition) is 2. The first-order valence-electron chi connectivity index (χ1n) is 10.1. The summed E-state index contributed by atoms with van der Waals surface area (Å²) in [7, 11) is 1.63. The molecule has 0 aliphatic carbocycles. The van der Waals surface area contributed by atoms with Crippen LogP contribution in [0.15, 0.2) is 65.9 Å². The summed E-state index contributed by atoms with van der Waals surface area (Å²) < 4.78 is 13.1. The minimum Gasteiger partial charge on any atom is -0.493 e. The molecular formula is C23H29N5O2. The van der Waals surface area contributed by atoms with E-state index in [1.165, 1.54) is 5.56 Å². The van der Waals surface area contributed by atoms with Gasteiger partial charge < -0.3 is 24.7 Å². The second kappa shape index (κ2) is 10.9. The number of rotatable bonds is 9. The average molecular weight is 408 g/mol. The molecule has 0 aliphatic heterocycles. The van der Waals surface area contributed by atoms with E-state index >= 15 is 0 Å². The number of anilines is 1. The van der Waals surface area contributed by atoms with Crippen LogP contribution in [0.1, 0.15) is 25.2 Å². The Morgan fingerprint density at radius 3 is 2.67 bits per heavy atom. The smallest absolute Gasteiger partial charge is 0.196 e. The van der Waals surface area contributed by atoms with E-state index in [2.05, 4.69) is 32.3 Å². The molecule has 7 heteroatoms. The van der Waals surface area contributed by atoms with E-state index in [1.54, 1.807) is 7.11 Å². The highest BCUT2D eigenvalue weighted by atomic mass is 16.5. The summed E-state index contributed by atoms with van der Waals surface area (Å²) >= 11 is 0. The predicted octanol–water partition coefficient (Wildman–Crippen LogP) is 3.92. The molecule has 0 spiro atoms. The summed E-state index contributed by atoms with van der Waals surface area (Å²) in [5, 5.41) is 6.59. The van der Waals surface area contributed by atoms with Crippen molar-refractivity contribution in [1.29, 1.82) is 0 Å². The molecule has 0 amide bonds. The summed E-state index contributed by atoms with van der Waals surface area (Å²) in [6.07, 6.45) is 3.79. The van der Waals surface area contributed by atoms with Crippen molar-refractivity contribution in [3.63, 3.8) is 0 Å². The zero-order valence-electron chi connectivity index (χ0n) is 17.8. The van der Waals surface area contributed by atoms with Crippen molar-refractivity contribution in [2.24, 2.45) is 4.99 Å². The number of hydrogen-bond acceptors (Lipinski definition) is 4. The van der Waals surface area contributed by atoms with Crippen molar-refractivity contribution in [1.82, 2.24) is 14.9 Å². The molecule has 2 aromatic carbocycles. The molecule has 158 valence electrons. The Kier molecular flexibility index (Phi) is 7.71. The topological polar surface area (TPSA) is 72.7 Å². The lowest BCUT2D eigenvalue weighted by Gasteiger charge is -2.14. The van der Waals surface area contributed by atoms with Crippen molar-refractivity contribution < 1.29 is 9.47 Å². The molecule has 7 nitrogen and oxygen atoms in total. The maximum absolute atomic E-state index is 5.58. The van der Waals surface area contributed by atoms with Crippen molar-refractivity contribution in [2.75, 3.05) is 25.6 Å². The molecule has 0 fully saturated rings. The zero-order chi connectivity index (χ0) is 21.2. The van der Waals surface area contributed by atoms with Crippen LogP contribution in [0.3, 0.4) is 0 Å². The Morgan fingerprint density at radius 2 is 1.93 bits per heavy atom. The minimum atomic E-state index is 0.462. The highest BCUT2D eigenvalue weighted by molar-refractivity contribution is 5.93. The maximum atomic E-state index is 5.58. The van der Waals surface area contributed by atoms with Crippen LogP contribution in [0.4, 0.5) is 5.69 Å². The molecule has 2 N–H and O–H groups in total. The first-order valence-corrected chi connectivity index (χ1v) is 10.1. The average Bonchev–Trinajstić information content (AvgIpc) is 3.21. The van der Waals surface area contributed by atoms with Gasteiger partial charge in [0.25, 0.3) is 0 Å². The van der Waals surface area contributed by atoms with Gasteiger partial charge in [-0.1, -0.05) is 30.3 Å². The monoisotopic (exact) mass is 407 g/mol. The summed E-state index contributed by atoms with van der Waals surface area (Å²) in [5.74, 6) is 2.98. The Hall–Kier alpha value is -3.48. The lowest BCUT2D eigenvalue weighted by molar-refractivity contribution is 0.311. The Labute approximate surface area is 177 Å². The van der Waals surface area contributed by atoms with Gasteiger partial charge in [0.2, 0.25) is 0 Å². The van der Waals surface area contributed by atoms with E-state index < -0.39 is 0 Å². The predicted molar refractivity (Wildman–Crippen MR) is 120 cm³/mol. The molecule has 3 rings (SSSR count). The molecule has 0 saturated heterocycles. The van der Waals surface area contributed by atoms with Crippen LogP contribution in [0.5, 0.6) is 11.5 Å². The molecule has 0 unspecified atom stereocenters. The lowest BCUT2D eigenvalue weighted by atomic mass is 10.2. The van der Waals surface area contributed by atoms with Crippen LogP contribution >= 0.6 is 0 Å². The number of aromatic nitrogens is 2. The number of ether oxygens (including phenoxy) is 2. The third-order valence-corrected chi connectivity index (χ3v) is 4.45. The van der Waals surface area contributed by atoms with Crippen molar-refractivity contribution in [3.8, 4) is 11.5 Å². The van der Waals surface area contributed by atoms with Gasteiger partial charge in [0.15, 0.2) is 17.5 Å². The fraction of sp³-hybridized carbons (Fsp3) is 0.304. The Morgan fingerprint density at radius 1 is 1.10 bits per heavy atom. The quantitative estimate of drug-likeness (QED) is 0.416. The molecule has 1 heterocycles. The third-order valence-electron chi connectivity index (χ3n) is 4.45. The van der Waals surface area contributed by atoms with Gasteiger partial charge in [-0.05, 0) is 31.5 Å². The summed E-state index contributed by atoms with van der Waals surface area (Å²) in [6.45, 7) is 6.55. The second-order valence-electron chi connectivity index (χ2n) is 6.58. The summed E-state index contributed by atoms with van der Waals surface area (Å²) in [4.78, 5) is 9.18. The maximum Gasteiger partial charge on any atom is 0.196 e. The van der Waals surface area contributed by atoms with Crippen molar-refractivity contribution >= 4 is 11.6 Å². The van der Waals surface area contributed by atoms with E-state index in [4.69, 9.17) is 14.5 Å². The summed E-state index contributed by atoms with van der Waals surface area (Å²) in [5.41, 5.74) is 2.09. The molecule has 0 radical (unpaired) electrons. The largest absolute Gasteiger partial charge is 0.493 e. The number of nitrogens with one attached hydrogen (secondary N) is 2. The van der Waals surface area contributed by atoms with Crippen molar-refractivity contribution in [3.05, 3.63) is 72.3 Å². The first-order chi connectivity index (χ1) is 14.7. The number of nitrogens with zero attached hydrogens (tertiary/aromatic N) is 3. The molecule has 0 saturated carbocycles. The number of aliphatic imine (C=N–C) groups is 1. The van der Waals surface area contributed by atoms with Crippen LogP contribution in [0.25, 0.3) is 0 Å². The standard InChI is InChI=1S/C23H29N5O2/c1-4-24-23(27-19-11-12-20(30-5-2)21(15-19)29-3)26-16-22-25-13-14-28(22)17-18-9-7-6-8-10-18/h6-15H,4-5,16-17H2,1-3H3,(H2,24,26,27). The number of benzene rings is 2. The van der Waals surface area contributed by atoms with E-state index in [9.17, 15) is 0 Å². The van der Waals surface area contributed by atoms with Gasteiger partial charge in [-0.25, -0.2) is 9.98 Å². The van der Waals surface area contributed by atoms with Crippen LogP contribution in [0, 0.1) is 0 Å². The fourth-order valence-electron chi connectivity index (χ4n) is 3.03. The molecule has 0 atom stereocenters. The SMILES string of the molecule is CCNC(=NCc1nccn1Cc1ccccc1)Nc1ccc(OCC)c(OC)c1. The van der Waals surface area contributed by atoms with Crippen LogP contribution < -0.4 is 20.1 Å². The highest BCUT2D eigenvalue weighted by Crippen LogP contribution is 2.30. The zero-order valence-corrected chi connectivity index (χ0v) is 17.8. The van der Waals surface area contributed by atoms with Gasteiger partial charge in [0.05, 0.1) is 13.7 Å². The molecule has 1 aromatic heterocycles. The minimum absolute atomic E-state index is 0.462. The van der Waals surface area contributed by atoms with Gasteiger partial charge in [0, 0.05) is 37.2 Å². The van der Waals surface area contributed by atoms with E-state index in [0.29, 0.717) is 24.9 Å². The Bertz CT molecular complexity index is 953. The molecule has 0 aliphatic rings. The highest BCUT2D eigenvalue weighted by Gasteiger charge is 2.08. The van der Waals surface area contributed by atoms with Gasteiger partial charge in [-0.2, -0.15) is 0 Å². The van der Waals surface area contributed by atoms with E-state index in [-0.39, 0.29) is 0 Å². The van der Waals surface area contributed by atoms with Crippen molar-refractivity contribution in [2.45, 2.75) is 26.9 Å². The first kappa shape index (κ1) is 21.2. The number of imidazole rings is 1. The number of guanidine groups is 1. The van der Waals surface area contributed by atoms with Gasteiger partial charge >= 0.3 is 0 Å². The van der Waals surface area contributed by atoms with Crippen LogP contribution in [-0.2, 0) is 13.1 Å². The van der Waals surface area contributed by atoms with Gasteiger partial charge in [0.1, 0.15) is 12.4 Å². The summed E-state index contributed by atoms with van der Waals surface area (Å²) in [6, 6.07) is 16.1. The fourth-order valence-corrected chi connectivity index (χ4v) is 3.03. The van der Waals surface area contributed by atoms with E-state index in [1.807, 2.05) is 62.6 Å². The second-order valence-corrected chi connectivity index (χ2v) is 6.58. The Balaban J connectivity index is 1.72. The normalized spacial score (nSPS) is 11.2. The molecule has 3 aromatic rings. The lowest BCUT2D eigenvalue weighted by Crippen LogP contribution is -2.30. The molecular weight excluding hydrogens is 378 g/mol. The van der Waals surface area contributed by atoms with E-state index in [0.717, 1.165) is 30.4 Å². The van der Waals surface area contributed by atoms with Gasteiger partial charge in [-0.15, -0.1) is 0 Å². The molecule has 30 heavy (non-hydrogen) atoms. The molecule has 0 bridgehead atoms. The van der Waals surface area contributed by atoms with Crippen LogP contribution in [0.2, 0.25) is 0 Å².